The van der Waals surface area contributed by atoms with Crippen LogP contribution in [0.3, 0.4) is 0 Å². The molecule has 1 aliphatic heterocycles. The third-order valence-electron chi connectivity index (χ3n) is 7.65. The van der Waals surface area contributed by atoms with E-state index in [1.54, 1.807) is 4.90 Å². The molecule has 4 aromatic rings. The molecule has 1 aliphatic rings. The standard InChI is InChI=1S/C34H38N4O3/c1-25(37-20-6-7-21-37)36-33(39)18-19-34(40)38(24-28-13-9-12-27-11-2-3-15-30(27)28)31-16-4-5-17-32(31)41-29-14-8-10-26(22-29)23-35/h2-5,8-17,22,25H,6-7,18-21,23-24,35H2,1H3,(H,36,39). The second-order valence-corrected chi connectivity index (χ2v) is 10.5. The van der Waals surface area contributed by atoms with Crippen LogP contribution in [-0.2, 0) is 22.7 Å². The van der Waals surface area contributed by atoms with Crippen molar-refractivity contribution in [3.63, 3.8) is 0 Å². The first-order valence-electron chi connectivity index (χ1n) is 14.4. The summed E-state index contributed by atoms with van der Waals surface area (Å²) in [5.41, 5.74) is 8.46. The number of amides is 2. The fraction of sp³-hybridized carbons (Fsp3) is 0.294. The molecule has 0 aliphatic carbocycles. The van der Waals surface area contributed by atoms with Crippen LogP contribution in [0.25, 0.3) is 10.8 Å². The maximum Gasteiger partial charge on any atom is 0.227 e. The van der Waals surface area contributed by atoms with Crippen molar-refractivity contribution in [3.8, 4) is 11.5 Å². The van der Waals surface area contributed by atoms with E-state index >= 15 is 0 Å². The van der Waals surface area contributed by atoms with Crippen LogP contribution in [0.1, 0.15) is 43.7 Å². The van der Waals surface area contributed by atoms with Gasteiger partial charge in [0.25, 0.3) is 0 Å². The number of fused-ring (bicyclic) bond motifs is 1. The second-order valence-electron chi connectivity index (χ2n) is 10.5. The molecule has 1 saturated heterocycles. The lowest BCUT2D eigenvalue weighted by atomic mass is 10.0. The van der Waals surface area contributed by atoms with Gasteiger partial charge < -0.3 is 20.7 Å². The van der Waals surface area contributed by atoms with Crippen LogP contribution in [0, 0.1) is 0 Å². The van der Waals surface area contributed by atoms with E-state index in [0.717, 1.165) is 47.8 Å². The highest BCUT2D eigenvalue weighted by Gasteiger charge is 2.24. The average molecular weight is 551 g/mol. The van der Waals surface area contributed by atoms with Crippen LogP contribution in [0.4, 0.5) is 5.69 Å². The summed E-state index contributed by atoms with van der Waals surface area (Å²) in [6.45, 7) is 4.73. The molecule has 0 saturated carbocycles. The van der Waals surface area contributed by atoms with Gasteiger partial charge in [-0.25, -0.2) is 0 Å². The van der Waals surface area contributed by atoms with Gasteiger partial charge in [0.05, 0.1) is 18.4 Å². The van der Waals surface area contributed by atoms with E-state index in [9.17, 15) is 9.59 Å². The Kier molecular flexibility index (Phi) is 9.29. The van der Waals surface area contributed by atoms with Gasteiger partial charge in [-0.15, -0.1) is 0 Å². The number of ether oxygens (including phenoxy) is 1. The summed E-state index contributed by atoms with van der Waals surface area (Å²) in [5, 5.41) is 5.26. The highest BCUT2D eigenvalue weighted by Crippen LogP contribution is 2.35. The van der Waals surface area contributed by atoms with Gasteiger partial charge in [-0.1, -0.05) is 66.7 Å². The highest BCUT2D eigenvalue weighted by atomic mass is 16.5. The topological polar surface area (TPSA) is 87.9 Å². The van der Waals surface area contributed by atoms with Crippen molar-refractivity contribution in [2.24, 2.45) is 5.73 Å². The number of carbonyl (C=O) groups excluding carboxylic acids is 2. The molecule has 7 nitrogen and oxygen atoms in total. The van der Waals surface area contributed by atoms with E-state index < -0.39 is 0 Å². The molecular formula is C34H38N4O3. The Morgan fingerprint density at radius 2 is 1.66 bits per heavy atom. The fourth-order valence-corrected chi connectivity index (χ4v) is 5.42. The third-order valence-corrected chi connectivity index (χ3v) is 7.65. The molecule has 0 bridgehead atoms. The molecule has 5 rings (SSSR count). The van der Waals surface area contributed by atoms with Crippen LogP contribution < -0.4 is 20.7 Å². The average Bonchev–Trinajstić information content (AvgIpc) is 3.55. The predicted molar refractivity (Wildman–Crippen MR) is 164 cm³/mol. The smallest absolute Gasteiger partial charge is 0.227 e. The number of para-hydroxylation sites is 2. The minimum Gasteiger partial charge on any atom is -0.455 e. The SMILES string of the molecule is CC(NC(=O)CCC(=O)N(Cc1cccc2ccccc12)c1ccccc1Oc1cccc(CN)c1)N1CCCC1. The van der Waals surface area contributed by atoms with Crippen LogP contribution in [0.5, 0.6) is 11.5 Å². The van der Waals surface area contributed by atoms with Gasteiger partial charge in [0.2, 0.25) is 11.8 Å². The van der Waals surface area contributed by atoms with Crippen molar-refractivity contribution in [3.05, 3.63) is 102 Å². The number of hydrogen-bond donors (Lipinski definition) is 2. The number of benzene rings is 4. The Morgan fingerprint density at radius 1 is 0.927 bits per heavy atom. The van der Waals surface area contributed by atoms with Gasteiger partial charge in [0.15, 0.2) is 5.75 Å². The largest absolute Gasteiger partial charge is 0.455 e. The molecule has 212 valence electrons. The fourth-order valence-electron chi connectivity index (χ4n) is 5.42. The van der Waals surface area contributed by atoms with Crippen molar-refractivity contribution in [1.82, 2.24) is 10.2 Å². The first-order valence-corrected chi connectivity index (χ1v) is 14.4. The number of carbonyl (C=O) groups is 2. The molecule has 2 amide bonds. The number of rotatable bonds is 11. The lowest BCUT2D eigenvalue weighted by molar-refractivity contribution is -0.126. The number of nitrogens with zero attached hydrogens (tertiary/aromatic N) is 2. The Morgan fingerprint density at radius 3 is 2.49 bits per heavy atom. The van der Waals surface area contributed by atoms with Crippen LogP contribution >= 0.6 is 0 Å². The van der Waals surface area contributed by atoms with Gasteiger partial charge in [0.1, 0.15) is 5.75 Å². The molecule has 0 aromatic heterocycles. The van der Waals surface area contributed by atoms with Crippen molar-refractivity contribution in [2.75, 3.05) is 18.0 Å². The van der Waals surface area contributed by atoms with E-state index in [-0.39, 0.29) is 30.8 Å². The lowest BCUT2D eigenvalue weighted by Gasteiger charge is -2.27. The Hall–Kier alpha value is -4.20. The normalized spacial score (nSPS) is 14.1. The monoisotopic (exact) mass is 550 g/mol. The summed E-state index contributed by atoms with van der Waals surface area (Å²) in [4.78, 5) is 30.7. The molecule has 1 fully saturated rings. The van der Waals surface area contributed by atoms with Gasteiger partial charge in [-0.05, 0) is 65.9 Å². The molecular weight excluding hydrogens is 512 g/mol. The van der Waals surface area contributed by atoms with Crippen molar-refractivity contribution < 1.29 is 14.3 Å². The first kappa shape index (κ1) is 28.3. The van der Waals surface area contributed by atoms with Crippen LogP contribution in [0.2, 0.25) is 0 Å². The van der Waals surface area contributed by atoms with Crippen LogP contribution in [0.15, 0.2) is 91.0 Å². The Labute approximate surface area is 241 Å². The number of hydrogen-bond acceptors (Lipinski definition) is 5. The summed E-state index contributed by atoms with van der Waals surface area (Å²) in [5.74, 6) is 0.940. The quantitative estimate of drug-likeness (QED) is 0.241. The summed E-state index contributed by atoms with van der Waals surface area (Å²) in [6, 6.07) is 29.4. The molecule has 0 radical (unpaired) electrons. The van der Waals surface area contributed by atoms with Gasteiger partial charge in [0, 0.05) is 32.5 Å². The number of anilines is 1. The maximum atomic E-state index is 13.9. The minimum absolute atomic E-state index is 0.0368. The van der Waals surface area contributed by atoms with E-state index in [1.807, 2.05) is 79.7 Å². The van der Waals surface area contributed by atoms with Gasteiger partial charge in [-0.2, -0.15) is 0 Å². The molecule has 7 heteroatoms. The molecule has 41 heavy (non-hydrogen) atoms. The Bertz CT molecular complexity index is 1490. The van der Waals surface area contributed by atoms with Crippen molar-refractivity contribution in [1.29, 1.82) is 0 Å². The molecule has 0 spiro atoms. The maximum absolute atomic E-state index is 13.9. The molecule has 1 atom stereocenters. The lowest BCUT2D eigenvalue weighted by Crippen LogP contribution is -2.45. The highest BCUT2D eigenvalue weighted by molar-refractivity contribution is 5.97. The Balaban J connectivity index is 1.40. The predicted octanol–water partition coefficient (Wildman–Crippen LogP) is 5.96. The summed E-state index contributed by atoms with van der Waals surface area (Å²) in [7, 11) is 0. The van der Waals surface area contributed by atoms with E-state index in [2.05, 4.69) is 28.4 Å². The minimum atomic E-state index is -0.145. The second kappa shape index (κ2) is 13.4. The zero-order chi connectivity index (χ0) is 28.6. The zero-order valence-electron chi connectivity index (χ0n) is 23.6. The van der Waals surface area contributed by atoms with Crippen molar-refractivity contribution >= 4 is 28.3 Å². The van der Waals surface area contributed by atoms with Gasteiger partial charge in [-0.3, -0.25) is 14.5 Å². The number of nitrogens with one attached hydrogen (secondary N) is 1. The first-order chi connectivity index (χ1) is 20.0. The third kappa shape index (κ3) is 7.12. The van der Waals surface area contributed by atoms with Crippen LogP contribution in [-0.4, -0.2) is 36.0 Å². The summed E-state index contributed by atoms with van der Waals surface area (Å²) >= 11 is 0. The molecule has 3 N–H and O–H groups in total. The zero-order valence-corrected chi connectivity index (χ0v) is 23.6. The molecule has 4 aromatic carbocycles. The van der Waals surface area contributed by atoms with Crippen molar-refractivity contribution in [2.45, 2.75) is 51.9 Å². The molecule has 1 heterocycles. The van der Waals surface area contributed by atoms with Gasteiger partial charge >= 0.3 is 0 Å². The van der Waals surface area contributed by atoms with E-state index in [1.165, 1.54) is 0 Å². The summed E-state index contributed by atoms with van der Waals surface area (Å²) < 4.78 is 6.31. The molecule has 1 unspecified atom stereocenters. The number of nitrogens with two attached hydrogens (primary N) is 1. The van der Waals surface area contributed by atoms with E-state index in [0.29, 0.717) is 30.3 Å². The summed E-state index contributed by atoms with van der Waals surface area (Å²) in [6.07, 6.45) is 2.47. The number of likely N-dealkylation sites (tertiary alicyclic amines) is 1. The van der Waals surface area contributed by atoms with E-state index in [4.69, 9.17) is 10.5 Å².